The molecule has 28 heavy (non-hydrogen) atoms. The van der Waals surface area contributed by atoms with Gasteiger partial charge in [-0.1, -0.05) is 48.0 Å². The van der Waals surface area contributed by atoms with Crippen LogP contribution in [0.5, 0.6) is 0 Å². The number of aliphatic carboxylic acids is 1. The summed E-state index contributed by atoms with van der Waals surface area (Å²) in [4.78, 5) is 35.7. The van der Waals surface area contributed by atoms with Crippen molar-refractivity contribution in [2.24, 2.45) is 0 Å². The highest BCUT2D eigenvalue weighted by Gasteiger charge is 2.27. The van der Waals surface area contributed by atoms with E-state index in [9.17, 15) is 23.9 Å². The van der Waals surface area contributed by atoms with Crippen molar-refractivity contribution >= 4 is 17.8 Å². The van der Waals surface area contributed by atoms with E-state index in [2.05, 4.69) is 10.6 Å². The Bertz CT molecular complexity index is 852. The van der Waals surface area contributed by atoms with Gasteiger partial charge < -0.3 is 15.7 Å². The number of carboxylic acids is 1. The molecule has 0 fully saturated rings. The fourth-order valence-electron chi connectivity index (χ4n) is 2.77. The van der Waals surface area contributed by atoms with Crippen LogP contribution in [0.2, 0.25) is 0 Å². The zero-order chi connectivity index (χ0) is 20.7. The molecule has 0 radical (unpaired) electrons. The monoisotopic (exact) mass is 386 g/mol. The number of amides is 2. The molecule has 0 bridgehead atoms. The summed E-state index contributed by atoms with van der Waals surface area (Å²) in [6.07, 6.45) is 0.00278. The molecule has 0 aliphatic heterocycles. The second-order valence-electron chi connectivity index (χ2n) is 6.64. The average molecular weight is 386 g/mol. The second kappa shape index (κ2) is 9.64. The maximum atomic E-state index is 13.9. The van der Waals surface area contributed by atoms with Crippen LogP contribution in [0.3, 0.4) is 0 Å². The van der Waals surface area contributed by atoms with Crippen molar-refractivity contribution in [1.29, 1.82) is 0 Å². The van der Waals surface area contributed by atoms with Gasteiger partial charge in [0.2, 0.25) is 11.8 Å². The number of carboxylic acid groups (broad SMARTS) is 1. The molecule has 0 aliphatic rings. The number of rotatable bonds is 8. The smallest absolute Gasteiger partial charge is 0.326 e. The van der Waals surface area contributed by atoms with Crippen LogP contribution in [0.4, 0.5) is 4.39 Å². The minimum absolute atomic E-state index is 0.0883. The van der Waals surface area contributed by atoms with Gasteiger partial charge in [-0.2, -0.15) is 0 Å². The van der Waals surface area contributed by atoms with Gasteiger partial charge in [-0.25, -0.2) is 9.18 Å². The number of carbonyl (C=O) groups excluding carboxylic acids is 2. The lowest BCUT2D eigenvalue weighted by molar-refractivity contribution is -0.142. The van der Waals surface area contributed by atoms with Crippen molar-refractivity contribution in [3.63, 3.8) is 0 Å². The van der Waals surface area contributed by atoms with Gasteiger partial charge in [0.25, 0.3) is 0 Å². The third-order valence-electron chi connectivity index (χ3n) is 4.25. The highest BCUT2D eigenvalue weighted by Crippen LogP contribution is 2.11. The zero-order valence-electron chi connectivity index (χ0n) is 15.7. The average Bonchev–Trinajstić information content (AvgIpc) is 2.63. The van der Waals surface area contributed by atoms with Gasteiger partial charge in [-0.15, -0.1) is 0 Å². The fraction of sp³-hybridized carbons (Fsp3) is 0.286. The van der Waals surface area contributed by atoms with Gasteiger partial charge in [-0.3, -0.25) is 9.59 Å². The number of hydrogen-bond acceptors (Lipinski definition) is 3. The van der Waals surface area contributed by atoms with Gasteiger partial charge in [0.15, 0.2) is 0 Å². The van der Waals surface area contributed by atoms with Gasteiger partial charge in [0.05, 0.1) is 0 Å². The predicted molar refractivity (Wildman–Crippen MR) is 102 cm³/mol. The number of nitrogens with one attached hydrogen (secondary N) is 2. The van der Waals surface area contributed by atoms with E-state index < -0.39 is 35.7 Å². The van der Waals surface area contributed by atoms with E-state index in [4.69, 9.17) is 0 Å². The Hall–Kier alpha value is -3.22. The molecule has 0 unspecified atom stereocenters. The Kier molecular flexibility index (Phi) is 7.26. The minimum Gasteiger partial charge on any atom is -0.480 e. The highest BCUT2D eigenvalue weighted by atomic mass is 19.1. The predicted octanol–water partition coefficient (Wildman–Crippen LogP) is 1.99. The summed E-state index contributed by atoms with van der Waals surface area (Å²) in [6.45, 7) is 3.16. The van der Waals surface area contributed by atoms with Crippen LogP contribution in [0.15, 0.2) is 48.5 Å². The molecule has 0 heterocycles. The SMILES string of the molecule is CC(=O)N[C@H](Cc1ccccc1F)C(=O)N[C@@H](Cc1ccc(C)cc1)C(=O)O. The topological polar surface area (TPSA) is 95.5 Å². The first kappa shape index (κ1) is 21.1. The summed E-state index contributed by atoms with van der Waals surface area (Å²) in [7, 11) is 0. The van der Waals surface area contributed by atoms with E-state index in [1.54, 1.807) is 18.2 Å². The first-order chi connectivity index (χ1) is 13.3. The summed E-state index contributed by atoms with van der Waals surface area (Å²) >= 11 is 0. The lowest BCUT2D eigenvalue weighted by Crippen LogP contribution is -2.52. The van der Waals surface area contributed by atoms with Gasteiger partial charge in [0, 0.05) is 19.8 Å². The molecule has 3 N–H and O–H groups in total. The maximum Gasteiger partial charge on any atom is 0.326 e. The van der Waals surface area contributed by atoms with Crippen molar-refractivity contribution < 1.29 is 23.9 Å². The Morgan fingerprint density at radius 3 is 2.18 bits per heavy atom. The largest absolute Gasteiger partial charge is 0.480 e. The number of hydrogen-bond donors (Lipinski definition) is 3. The van der Waals surface area contributed by atoms with Crippen LogP contribution in [-0.4, -0.2) is 35.0 Å². The van der Waals surface area contributed by atoms with Crippen LogP contribution in [0.1, 0.15) is 23.6 Å². The molecule has 2 aromatic carbocycles. The van der Waals surface area contributed by atoms with Crippen LogP contribution >= 0.6 is 0 Å². The minimum atomic E-state index is -1.19. The molecular formula is C21H23FN2O4. The van der Waals surface area contributed by atoms with Gasteiger partial charge in [-0.05, 0) is 24.1 Å². The van der Waals surface area contributed by atoms with Crippen LogP contribution in [0.25, 0.3) is 0 Å². The molecule has 2 aromatic rings. The number of aryl methyl sites for hydroxylation is 1. The van der Waals surface area contributed by atoms with Crippen LogP contribution < -0.4 is 10.6 Å². The standard InChI is InChI=1S/C21H23FN2O4/c1-13-7-9-15(10-8-13)11-19(21(27)28)24-20(26)18(23-14(2)25)12-16-5-3-4-6-17(16)22/h3-10,18-19H,11-12H2,1-2H3,(H,23,25)(H,24,26)(H,27,28)/t18-,19+/m1/s1. The summed E-state index contributed by atoms with van der Waals surface area (Å²) in [5.41, 5.74) is 2.04. The quantitative estimate of drug-likeness (QED) is 0.647. The van der Waals surface area contributed by atoms with Crippen molar-refractivity contribution in [3.05, 3.63) is 71.0 Å². The zero-order valence-corrected chi connectivity index (χ0v) is 15.7. The first-order valence-electron chi connectivity index (χ1n) is 8.85. The summed E-state index contributed by atoms with van der Waals surface area (Å²) in [6, 6.07) is 11.0. The molecule has 0 aliphatic carbocycles. The van der Waals surface area contributed by atoms with E-state index in [0.717, 1.165) is 11.1 Å². The van der Waals surface area contributed by atoms with E-state index in [-0.39, 0.29) is 18.4 Å². The van der Waals surface area contributed by atoms with Crippen molar-refractivity contribution in [1.82, 2.24) is 10.6 Å². The molecule has 0 aromatic heterocycles. The normalized spacial score (nSPS) is 12.7. The van der Waals surface area contributed by atoms with E-state index in [0.29, 0.717) is 0 Å². The summed E-state index contributed by atoms with van der Waals surface area (Å²) in [5, 5.41) is 14.4. The van der Waals surface area contributed by atoms with Crippen molar-refractivity contribution in [3.8, 4) is 0 Å². The van der Waals surface area contributed by atoms with Crippen LogP contribution in [-0.2, 0) is 27.2 Å². The molecule has 0 saturated carbocycles. The number of benzene rings is 2. The Morgan fingerprint density at radius 1 is 0.964 bits per heavy atom. The molecule has 6 nitrogen and oxygen atoms in total. The highest BCUT2D eigenvalue weighted by molar-refractivity contribution is 5.90. The molecular weight excluding hydrogens is 363 g/mol. The maximum absolute atomic E-state index is 13.9. The molecule has 0 saturated heterocycles. The van der Waals surface area contributed by atoms with Crippen LogP contribution in [0, 0.1) is 12.7 Å². The Labute approximate surface area is 162 Å². The molecule has 2 rings (SSSR count). The second-order valence-corrected chi connectivity index (χ2v) is 6.64. The first-order valence-corrected chi connectivity index (χ1v) is 8.85. The lowest BCUT2D eigenvalue weighted by atomic mass is 10.0. The van der Waals surface area contributed by atoms with Crippen molar-refractivity contribution in [2.75, 3.05) is 0 Å². The summed E-state index contributed by atoms with van der Waals surface area (Å²) in [5.74, 6) is -2.85. The van der Waals surface area contributed by atoms with Gasteiger partial charge >= 0.3 is 5.97 Å². The van der Waals surface area contributed by atoms with E-state index in [1.807, 2.05) is 19.1 Å². The molecule has 0 spiro atoms. The number of carbonyl (C=O) groups is 3. The van der Waals surface area contributed by atoms with Gasteiger partial charge in [0.1, 0.15) is 17.9 Å². The Morgan fingerprint density at radius 2 is 1.61 bits per heavy atom. The third-order valence-corrected chi connectivity index (χ3v) is 4.25. The van der Waals surface area contributed by atoms with E-state index in [1.165, 1.54) is 25.1 Å². The lowest BCUT2D eigenvalue weighted by Gasteiger charge is -2.21. The van der Waals surface area contributed by atoms with E-state index >= 15 is 0 Å². The molecule has 148 valence electrons. The molecule has 7 heteroatoms. The fourth-order valence-corrected chi connectivity index (χ4v) is 2.77. The third kappa shape index (κ3) is 6.19. The Balaban J connectivity index is 2.14. The molecule has 2 atom stereocenters. The number of halogens is 1. The summed E-state index contributed by atoms with van der Waals surface area (Å²) < 4.78 is 13.9. The molecule has 2 amide bonds. The van der Waals surface area contributed by atoms with Crippen molar-refractivity contribution in [2.45, 2.75) is 38.8 Å².